The van der Waals surface area contributed by atoms with Crippen molar-refractivity contribution in [3.05, 3.63) is 35.4 Å². The van der Waals surface area contributed by atoms with Gasteiger partial charge < -0.3 is 15.5 Å². The van der Waals surface area contributed by atoms with Crippen molar-refractivity contribution in [3.63, 3.8) is 0 Å². The molecule has 2 heterocycles. The van der Waals surface area contributed by atoms with Crippen LogP contribution in [0.5, 0.6) is 0 Å². The van der Waals surface area contributed by atoms with Crippen molar-refractivity contribution in [2.24, 2.45) is 5.92 Å². The van der Waals surface area contributed by atoms with E-state index in [0.29, 0.717) is 11.5 Å². The van der Waals surface area contributed by atoms with Gasteiger partial charge in [0.15, 0.2) is 0 Å². The van der Waals surface area contributed by atoms with Gasteiger partial charge in [-0.1, -0.05) is 19.1 Å². The highest BCUT2D eigenvalue weighted by molar-refractivity contribution is 6.02. The van der Waals surface area contributed by atoms with Gasteiger partial charge in [0.05, 0.1) is 13.1 Å². The van der Waals surface area contributed by atoms with E-state index in [1.54, 1.807) is 18.2 Å². The molecule has 0 radical (unpaired) electrons. The minimum absolute atomic E-state index is 0. The number of nitrogens with one attached hydrogen (secondary N) is 2. The molecular weight excluding hydrogens is 368 g/mol. The van der Waals surface area contributed by atoms with E-state index >= 15 is 0 Å². The van der Waals surface area contributed by atoms with Crippen LogP contribution in [0.3, 0.4) is 0 Å². The lowest BCUT2D eigenvalue weighted by Crippen LogP contribution is -2.40. The van der Waals surface area contributed by atoms with Crippen LogP contribution in [-0.4, -0.2) is 60.4 Å². The zero-order valence-electron chi connectivity index (χ0n) is 15.6. The summed E-state index contributed by atoms with van der Waals surface area (Å²) in [4.78, 5) is 39.3. The third-order valence-electron chi connectivity index (χ3n) is 5.04. The van der Waals surface area contributed by atoms with Crippen LogP contribution in [0.15, 0.2) is 24.3 Å². The van der Waals surface area contributed by atoms with Crippen LogP contribution < -0.4 is 10.6 Å². The van der Waals surface area contributed by atoms with Crippen LogP contribution in [-0.2, 0) is 11.3 Å². The summed E-state index contributed by atoms with van der Waals surface area (Å²) in [6, 6.07) is 6.83. The fourth-order valence-corrected chi connectivity index (χ4v) is 3.47. The van der Waals surface area contributed by atoms with Gasteiger partial charge in [0.25, 0.3) is 5.91 Å². The van der Waals surface area contributed by atoms with Crippen LogP contribution in [0, 0.1) is 5.92 Å². The average Bonchev–Trinajstić information content (AvgIpc) is 2.98. The second-order valence-electron chi connectivity index (χ2n) is 6.88. The first kappa shape index (κ1) is 21.2. The molecule has 0 spiro atoms. The molecule has 2 aliphatic heterocycles. The van der Waals surface area contributed by atoms with Crippen LogP contribution in [0.25, 0.3) is 0 Å². The number of halogens is 1. The molecule has 2 aliphatic rings. The summed E-state index contributed by atoms with van der Waals surface area (Å²) in [6.45, 7) is 5.86. The average molecular weight is 395 g/mol. The predicted molar refractivity (Wildman–Crippen MR) is 105 cm³/mol. The van der Waals surface area contributed by atoms with Crippen LogP contribution in [0.1, 0.15) is 35.7 Å². The Labute approximate surface area is 165 Å². The molecule has 3 rings (SSSR count). The third kappa shape index (κ3) is 5.20. The molecule has 8 heteroatoms. The number of amides is 4. The minimum atomic E-state index is -0.380. The quantitative estimate of drug-likeness (QED) is 0.718. The van der Waals surface area contributed by atoms with E-state index < -0.39 is 0 Å². The molecule has 0 unspecified atom stereocenters. The minimum Gasteiger partial charge on any atom is -0.339 e. The van der Waals surface area contributed by atoms with Gasteiger partial charge in [0, 0.05) is 18.7 Å². The third-order valence-corrected chi connectivity index (χ3v) is 5.04. The summed E-state index contributed by atoms with van der Waals surface area (Å²) in [5.74, 6) is 0.408. The Morgan fingerprint density at radius 1 is 1.26 bits per heavy atom. The molecular formula is C19H27ClN4O3. The molecule has 1 aromatic rings. The second-order valence-corrected chi connectivity index (χ2v) is 6.88. The van der Waals surface area contributed by atoms with Crippen molar-refractivity contribution in [3.8, 4) is 0 Å². The molecule has 7 nitrogen and oxygen atoms in total. The summed E-state index contributed by atoms with van der Waals surface area (Å²) in [5.41, 5.74) is 1.39. The van der Waals surface area contributed by atoms with Crippen molar-refractivity contribution in [1.82, 2.24) is 20.4 Å². The number of hydrogen-bond acceptors (Lipinski definition) is 4. The van der Waals surface area contributed by atoms with Gasteiger partial charge in [-0.15, -0.1) is 12.4 Å². The molecule has 0 aromatic heterocycles. The van der Waals surface area contributed by atoms with Crippen molar-refractivity contribution in [1.29, 1.82) is 0 Å². The second kappa shape index (κ2) is 9.71. The smallest absolute Gasteiger partial charge is 0.324 e. The van der Waals surface area contributed by atoms with Crippen molar-refractivity contribution in [2.75, 3.05) is 32.7 Å². The first-order valence-corrected chi connectivity index (χ1v) is 9.25. The van der Waals surface area contributed by atoms with Crippen LogP contribution in [0.2, 0.25) is 0 Å². The number of imide groups is 1. The Balaban J connectivity index is 0.00000261. The van der Waals surface area contributed by atoms with E-state index in [1.165, 1.54) is 4.90 Å². The van der Waals surface area contributed by atoms with Gasteiger partial charge >= 0.3 is 6.03 Å². The van der Waals surface area contributed by atoms with E-state index in [0.717, 1.165) is 44.6 Å². The number of nitrogens with zero attached hydrogens (tertiary/aromatic N) is 2. The van der Waals surface area contributed by atoms with E-state index in [-0.39, 0.29) is 43.3 Å². The van der Waals surface area contributed by atoms with Gasteiger partial charge in [-0.25, -0.2) is 4.79 Å². The zero-order valence-corrected chi connectivity index (χ0v) is 16.4. The summed E-state index contributed by atoms with van der Waals surface area (Å²) in [7, 11) is 0. The Hall–Kier alpha value is -2.12. The lowest BCUT2D eigenvalue weighted by atomic mass is 9.96. The van der Waals surface area contributed by atoms with Gasteiger partial charge in [-0.3, -0.25) is 14.5 Å². The summed E-state index contributed by atoms with van der Waals surface area (Å²) >= 11 is 0. The highest BCUT2D eigenvalue weighted by Crippen LogP contribution is 2.19. The zero-order chi connectivity index (χ0) is 18.5. The van der Waals surface area contributed by atoms with E-state index in [2.05, 4.69) is 17.6 Å². The van der Waals surface area contributed by atoms with Crippen LogP contribution in [0.4, 0.5) is 4.79 Å². The predicted octanol–water partition coefficient (Wildman–Crippen LogP) is 1.62. The number of carbonyl (C=O) groups is 3. The number of urea groups is 1. The van der Waals surface area contributed by atoms with Crippen LogP contribution >= 0.6 is 12.4 Å². The van der Waals surface area contributed by atoms with Crippen molar-refractivity contribution < 1.29 is 14.4 Å². The van der Waals surface area contributed by atoms with Gasteiger partial charge in [-0.2, -0.15) is 0 Å². The maximum atomic E-state index is 12.8. The van der Waals surface area contributed by atoms with Gasteiger partial charge in [0.1, 0.15) is 0 Å². The molecule has 27 heavy (non-hydrogen) atoms. The maximum Gasteiger partial charge on any atom is 0.324 e. The summed E-state index contributed by atoms with van der Waals surface area (Å²) in [6.07, 6.45) is 2.03. The lowest BCUT2D eigenvalue weighted by Gasteiger charge is -2.32. The first-order chi connectivity index (χ1) is 12.6. The normalized spacial score (nSPS) is 17.7. The van der Waals surface area contributed by atoms with E-state index in [4.69, 9.17) is 0 Å². The molecule has 148 valence electrons. The highest BCUT2D eigenvalue weighted by atomic mass is 35.5. The number of carbonyl (C=O) groups excluding carboxylic acids is 3. The fraction of sp³-hybridized carbons (Fsp3) is 0.526. The molecule has 2 saturated heterocycles. The molecule has 4 amide bonds. The molecule has 2 N–H and O–H groups in total. The number of piperidine rings is 1. The maximum absolute atomic E-state index is 12.8. The van der Waals surface area contributed by atoms with E-state index in [9.17, 15) is 14.4 Å². The first-order valence-electron chi connectivity index (χ1n) is 9.25. The molecule has 0 bridgehead atoms. The molecule has 0 aliphatic carbocycles. The highest BCUT2D eigenvalue weighted by Gasteiger charge is 2.29. The molecule has 2 fully saturated rings. The number of rotatable bonds is 6. The van der Waals surface area contributed by atoms with Crippen molar-refractivity contribution >= 4 is 30.3 Å². The standard InChI is InChI=1S/C19H26N4O3.ClH/c1-2-20-11-14-6-8-22(9-7-14)18(25)16-5-3-4-15(10-16)13-23-17(24)12-21-19(23)26;/h3-5,10,14,20H,2,6-9,11-13H2,1H3,(H,21,26);1H. The van der Waals surface area contributed by atoms with Crippen molar-refractivity contribution in [2.45, 2.75) is 26.3 Å². The van der Waals surface area contributed by atoms with Gasteiger partial charge in [0.2, 0.25) is 5.91 Å². The Morgan fingerprint density at radius 3 is 2.63 bits per heavy atom. The number of likely N-dealkylation sites (tertiary alicyclic amines) is 1. The fourth-order valence-electron chi connectivity index (χ4n) is 3.47. The SMILES string of the molecule is CCNCC1CCN(C(=O)c2cccc(CN3C(=O)CNC3=O)c2)CC1.Cl. The Morgan fingerprint density at radius 2 is 2.00 bits per heavy atom. The molecule has 0 atom stereocenters. The van der Waals surface area contributed by atoms with Gasteiger partial charge in [-0.05, 0) is 49.5 Å². The topological polar surface area (TPSA) is 81.8 Å². The Kier molecular flexibility index (Phi) is 7.62. The lowest BCUT2D eigenvalue weighted by molar-refractivity contribution is -0.125. The number of hydrogen-bond donors (Lipinski definition) is 2. The summed E-state index contributed by atoms with van der Waals surface area (Å²) < 4.78 is 0. The molecule has 0 saturated carbocycles. The number of benzene rings is 1. The Bertz CT molecular complexity index is 673. The molecule has 1 aromatic carbocycles. The van der Waals surface area contributed by atoms with E-state index in [1.807, 2.05) is 11.0 Å². The summed E-state index contributed by atoms with van der Waals surface area (Å²) in [5, 5.41) is 5.88. The largest absolute Gasteiger partial charge is 0.339 e. The monoisotopic (exact) mass is 394 g/mol.